The molecule has 0 saturated carbocycles. The zero-order valence-electron chi connectivity index (χ0n) is 16.9. The van der Waals surface area contributed by atoms with Gasteiger partial charge in [0.1, 0.15) is 17.5 Å². The fraction of sp³-hybridized carbons (Fsp3) is 0.600. The predicted octanol–water partition coefficient (Wildman–Crippen LogP) is 2.09. The lowest BCUT2D eigenvalue weighted by atomic mass is 10.0. The molecule has 1 fully saturated rings. The van der Waals surface area contributed by atoms with Gasteiger partial charge in [-0.15, -0.1) is 0 Å². The summed E-state index contributed by atoms with van der Waals surface area (Å²) in [5, 5.41) is 2.88. The number of carbonyl (C=O) groups excluding carboxylic acids is 2. The minimum Gasteiger partial charge on any atom is -0.497 e. The third-order valence-corrected chi connectivity index (χ3v) is 4.56. The molecule has 3 atom stereocenters. The first-order valence-electron chi connectivity index (χ1n) is 9.23. The van der Waals surface area contributed by atoms with Crippen LogP contribution in [-0.4, -0.2) is 62.3 Å². The highest BCUT2D eigenvalue weighted by Gasteiger charge is 2.33. The number of rotatable bonds is 6. The Morgan fingerprint density at radius 3 is 2.04 bits per heavy atom. The summed E-state index contributed by atoms with van der Waals surface area (Å²) in [7, 11) is 3.05. The van der Waals surface area contributed by atoms with Gasteiger partial charge in [-0.25, -0.2) is 0 Å². The molecule has 7 nitrogen and oxygen atoms in total. The number of benzene rings is 1. The summed E-state index contributed by atoms with van der Waals surface area (Å²) in [6, 6.07) is 4.32. The van der Waals surface area contributed by atoms with Gasteiger partial charge in [0, 0.05) is 24.7 Å². The largest absolute Gasteiger partial charge is 0.497 e. The Labute approximate surface area is 161 Å². The van der Waals surface area contributed by atoms with Crippen LogP contribution in [-0.2, 0) is 9.53 Å². The fourth-order valence-electron chi connectivity index (χ4n) is 3.23. The maximum Gasteiger partial charge on any atom is 0.252 e. The molecule has 1 N–H and O–H groups in total. The van der Waals surface area contributed by atoms with Crippen LogP contribution in [0.25, 0.3) is 0 Å². The van der Waals surface area contributed by atoms with E-state index in [1.54, 1.807) is 23.1 Å². The minimum absolute atomic E-state index is 0.0242. The molecule has 0 aromatic heterocycles. The van der Waals surface area contributed by atoms with E-state index in [0.717, 1.165) is 0 Å². The van der Waals surface area contributed by atoms with Crippen molar-refractivity contribution in [3.8, 4) is 11.5 Å². The van der Waals surface area contributed by atoms with Crippen molar-refractivity contribution in [2.75, 3.05) is 27.3 Å². The van der Waals surface area contributed by atoms with Crippen LogP contribution in [0, 0.1) is 5.92 Å². The van der Waals surface area contributed by atoms with Crippen molar-refractivity contribution in [3.05, 3.63) is 23.8 Å². The van der Waals surface area contributed by atoms with E-state index in [4.69, 9.17) is 14.2 Å². The third-order valence-electron chi connectivity index (χ3n) is 4.56. The molecule has 7 heteroatoms. The molecule has 1 heterocycles. The summed E-state index contributed by atoms with van der Waals surface area (Å²) in [4.78, 5) is 27.6. The Balaban J connectivity index is 2.18. The average Bonchev–Trinajstić information content (AvgIpc) is 2.63. The first kappa shape index (κ1) is 21.0. The molecule has 1 aliphatic heterocycles. The number of carbonyl (C=O) groups is 2. The monoisotopic (exact) mass is 378 g/mol. The van der Waals surface area contributed by atoms with Crippen LogP contribution in [0.4, 0.5) is 0 Å². The number of ether oxygens (including phenoxy) is 3. The summed E-state index contributed by atoms with van der Waals surface area (Å²) in [6.07, 6.45) is -0.0484. The van der Waals surface area contributed by atoms with Crippen molar-refractivity contribution in [2.24, 2.45) is 5.92 Å². The number of nitrogens with zero attached hydrogens (tertiary/aromatic N) is 1. The molecule has 0 bridgehead atoms. The molecule has 2 rings (SSSR count). The Morgan fingerprint density at radius 2 is 1.59 bits per heavy atom. The average molecular weight is 378 g/mol. The van der Waals surface area contributed by atoms with Gasteiger partial charge in [0.15, 0.2) is 0 Å². The maximum absolute atomic E-state index is 13.1. The number of hydrogen-bond acceptors (Lipinski definition) is 5. The molecule has 0 aliphatic carbocycles. The van der Waals surface area contributed by atoms with Gasteiger partial charge in [0.25, 0.3) is 5.91 Å². The van der Waals surface area contributed by atoms with Crippen molar-refractivity contribution in [2.45, 2.75) is 45.9 Å². The molecule has 150 valence electrons. The fourth-order valence-corrected chi connectivity index (χ4v) is 3.23. The van der Waals surface area contributed by atoms with Crippen molar-refractivity contribution < 1.29 is 23.8 Å². The number of morpholine rings is 1. The molecule has 0 unspecified atom stereocenters. The smallest absolute Gasteiger partial charge is 0.252 e. The van der Waals surface area contributed by atoms with Crippen LogP contribution >= 0.6 is 0 Å². The molecule has 1 aromatic carbocycles. The van der Waals surface area contributed by atoms with Gasteiger partial charge >= 0.3 is 0 Å². The Kier molecular flexibility index (Phi) is 7.07. The topological polar surface area (TPSA) is 77.1 Å². The van der Waals surface area contributed by atoms with Crippen molar-refractivity contribution in [1.82, 2.24) is 10.2 Å². The van der Waals surface area contributed by atoms with Crippen LogP contribution in [0.2, 0.25) is 0 Å². The second kappa shape index (κ2) is 9.08. The van der Waals surface area contributed by atoms with Crippen LogP contribution in [0.15, 0.2) is 18.2 Å². The number of nitrogens with one attached hydrogen (secondary N) is 1. The van der Waals surface area contributed by atoms with Crippen LogP contribution in [0.1, 0.15) is 38.1 Å². The highest BCUT2D eigenvalue weighted by molar-refractivity contribution is 5.98. The molecule has 1 aliphatic rings. The quantitative estimate of drug-likeness (QED) is 0.820. The molecule has 0 radical (unpaired) electrons. The zero-order chi connectivity index (χ0) is 20.1. The lowest BCUT2D eigenvalue weighted by Gasteiger charge is -2.38. The van der Waals surface area contributed by atoms with Gasteiger partial charge in [0.2, 0.25) is 5.91 Å². The molecular formula is C20H30N2O5. The van der Waals surface area contributed by atoms with Gasteiger partial charge < -0.3 is 24.4 Å². The molecule has 27 heavy (non-hydrogen) atoms. The highest BCUT2D eigenvalue weighted by Crippen LogP contribution is 2.23. The van der Waals surface area contributed by atoms with Gasteiger partial charge in [-0.3, -0.25) is 9.59 Å². The molecule has 1 aromatic rings. The third kappa shape index (κ3) is 5.35. The van der Waals surface area contributed by atoms with E-state index in [0.29, 0.717) is 30.2 Å². The van der Waals surface area contributed by atoms with Crippen LogP contribution < -0.4 is 14.8 Å². The van der Waals surface area contributed by atoms with Gasteiger partial charge in [0.05, 0.1) is 26.4 Å². The van der Waals surface area contributed by atoms with Gasteiger partial charge in [-0.05, 0) is 31.9 Å². The van der Waals surface area contributed by atoms with Crippen LogP contribution in [0.3, 0.4) is 0 Å². The second-order valence-electron chi connectivity index (χ2n) is 7.30. The first-order chi connectivity index (χ1) is 12.7. The Hall–Kier alpha value is -2.28. The van der Waals surface area contributed by atoms with E-state index < -0.39 is 6.04 Å². The lowest BCUT2D eigenvalue weighted by Crippen LogP contribution is -2.56. The summed E-state index contributed by atoms with van der Waals surface area (Å²) in [5.41, 5.74) is 0.383. The van der Waals surface area contributed by atoms with Crippen molar-refractivity contribution in [1.29, 1.82) is 0 Å². The minimum atomic E-state index is -0.618. The number of amides is 2. The summed E-state index contributed by atoms with van der Waals surface area (Å²) in [5.74, 6) is 0.553. The molecule has 1 saturated heterocycles. The Bertz CT molecular complexity index is 644. The number of methoxy groups -OCH3 is 2. The van der Waals surface area contributed by atoms with E-state index in [1.165, 1.54) is 14.2 Å². The van der Waals surface area contributed by atoms with Gasteiger partial charge in [-0.2, -0.15) is 0 Å². The maximum atomic E-state index is 13.1. The predicted molar refractivity (Wildman–Crippen MR) is 102 cm³/mol. The lowest BCUT2D eigenvalue weighted by molar-refractivity contribution is -0.146. The van der Waals surface area contributed by atoms with Crippen LogP contribution in [0.5, 0.6) is 11.5 Å². The van der Waals surface area contributed by atoms with E-state index in [-0.39, 0.29) is 29.9 Å². The number of hydrogen-bond donors (Lipinski definition) is 1. The molecule has 0 spiro atoms. The van der Waals surface area contributed by atoms with Crippen molar-refractivity contribution in [3.63, 3.8) is 0 Å². The second-order valence-corrected chi connectivity index (χ2v) is 7.30. The summed E-state index contributed by atoms with van der Waals surface area (Å²) in [6.45, 7) is 8.78. The SMILES string of the molecule is COc1cc(OC)cc(C(=O)N[C@@H](C(=O)N2C[C@@H](C)O[C@@H](C)C2)C(C)C)c1. The van der Waals surface area contributed by atoms with E-state index in [9.17, 15) is 9.59 Å². The highest BCUT2D eigenvalue weighted by atomic mass is 16.5. The normalized spacial score (nSPS) is 20.9. The van der Waals surface area contributed by atoms with Gasteiger partial charge in [-0.1, -0.05) is 13.8 Å². The first-order valence-corrected chi connectivity index (χ1v) is 9.23. The van der Waals surface area contributed by atoms with E-state index >= 15 is 0 Å². The molecule has 2 amide bonds. The summed E-state index contributed by atoms with van der Waals surface area (Å²) < 4.78 is 16.1. The summed E-state index contributed by atoms with van der Waals surface area (Å²) >= 11 is 0. The molecular weight excluding hydrogens is 348 g/mol. The Morgan fingerprint density at radius 1 is 1.07 bits per heavy atom. The van der Waals surface area contributed by atoms with Crippen molar-refractivity contribution >= 4 is 11.8 Å². The van der Waals surface area contributed by atoms with E-state index in [2.05, 4.69) is 5.32 Å². The van der Waals surface area contributed by atoms with E-state index in [1.807, 2.05) is 27.7 Å². The standard InChI is InChI=1S/C20H30N2O5/c1-12(2)18(20(24)22-10-13(3)27-14(4)11-22)21-19(23)15-7-16(25-5)9-17(8-15)26-6/h7-9,12-14,18H,10-11H2,1-6H3,(H,21,23)/t13-,14+,18-/m1/s1. The zero-order valence-corrected chi connectivity index (χ0v) is 16.9.